The van der Waals surface area contributed by atoms with E-state index < -0.39 is 5.97 Å². The van der Waals surface area contributed by atoms with Gasteiger partial charge in [0.05, 0.1) is 6.42 Å². The third-order valence-corrected chi connectivity index (χ3v) is 3.45. The number of carbonyl (C=O) groups is 1. The Hall–Kier alpha value is -0.830. The summed E-state index contributed by atoms with van der Waals surface area (Å²) in [7, 11) is 0. The molecule has 17 heavy (non-hydrogen) atoms. The largest absolute Gasteiger partial charge is 0.481 e. The lowest BCUT2D eigenvalue weighted by molar-refractivity contribution is -0.137. The fourth-order valence-electron chi connectivity index (χ4n) is 2.29. The van der Waals surface area contributed by atoms with Gasteiger partial charge in [-0.3, -0.25) is 4.79 Å². The first-order chi connectivity index (χ1) is 8.09. The van der Waals surface area contributed by atoms with E-state index in [-0.39, 0.29) is 6.42 Å². The molecule has 0 amide bonds. The maximum atomic E-state index is 10.6. The lowest BCUT2D eigenvalue weighted by atomic mass is 9.97. The van der Waals surface area contributed by atoms with Crippen LogP contribution in [0.1, 0.15) is 52.4 Å². The Labute approximate surface area is 105 Å². The summed E-state index contributed by atoms with van der Waals surface area (Å²) in [5, 5.41) is 8.72. The summed E-state index contributed by atoms with van der Waals surface area (Å²) in [6, 6.07) is 0.429. The van der Waals surface area contributed by atoms with Crippen LogP contribution in [0, 0.1) is 0 Å². The van der Waals surface area contributed by atoms with Gasteiger partial charge in [0.1, 0.15) is 0 Å². The minimum absolute atomic E-state index is 0.247. The van der Waals surface area contributed by atoms with E-state index in [1.165, 1.54) is 25.7 Å². The van der Waals surface area contributed by atoms with Gasteiger partial charge in [-0.1, -0.05) is 11.6 Å². The van der Waals surface area contributed by atoms with E-state index in [1.54, 1.807) is 5.57 Å². The van der Waals surface area contributed by atoms with E-state index in [0.29, 0.717) is 12.6 Å². The Balaban J connectivity index is 2.33. The molecule has 1 aliphatic rings. The molecule has 1 rings (SSSR count). The molecule has 0 aromatic heterocycles. The van der Waals surface area contributed by atoms with Crippen LogP contribution in [-0.2, 0) is 4.79 Å². The fraction of sp³-hybridized carbons (Fsp3) is 0.786. The molecular formula is C14H25NO2. The van der Waals surface area contributed by atoms with Gasteiger partial charge in [-0.15, -0.1) is 0 Å². The lowest BCUT2D eigenvalue weighted by Gasteiger charge is -2.26. The molecule has 1 aliphatic carbocycles. The normalized spacial score (nSPS) is 16.4. The molecule has 0 unspecified atom stereocenters. The van der Waals surface area contributed by atoms with Crippen LogP contribution in [0.2, 0.25) is 0 Å². The van der Waals surface area contributed by atoms with Crippen LogP contribution in [0.5, 0.6) is 0 Å². The van der Waals surface area contributed by atoms with Crippen molar-refractivity contribution in [3.05, 3.63) is 11.6 Å². The van der Waals surface area contributed by atoms with Crippen molar-refractivity contribution in [2.45, 2.75) is 58.4 Å². The molecule has 0 atom stereocenters. The molecule has 0 radical (unpaired) electrons. The molecule has 0 bridgehead atoms. The van der Waals surface area contributed by atoms with Crippen molar-refractivity contribution in [2.75, 3.05) is 13.1 Å². The van der Waals surface area contributed by atoms with Crippen molar-refractivity contribution in [1.29, 1.82) is 0 Å². The number of carboxylic acid groups (broad SMARTS) is 1. The summed E-state index contributed by atoms with van der Waals surface area (Å²) in [6.45, 7) is 5.94. The van der Waals surface area contributed by atoms with E-state index in [0.717, 1.165) is 13.0 Å². The average Bonchev–Trinajstić information content (AvgIpc) is 2.29. The zero-order chi connectivity index (χ0) is 12.7. The summed E-state index contributed by atoms with van der Waals surface area (Å²) in [6.07, 6.45) is 8.85. The summed E-state index contributed by atoms with van der Waals surface area (Å²) in [5.41, 5.74) is 1.57. The molecule has 0 fully saturated rings. The van der Waals surface area contributed by atoms with Gasteiger partial charge in [-0.2, -0.15) is 0 Å². The van der Waals surface area contributed by atoms with E-state index >= 15 is 0 Å². The minimum Gasteiger partial charge on any atom is -0.481 e. The number of nitrogens with zero attached hydrogens (tertiary/aromatic N) is 1. The van der Waals surface area contributed by atoms with Crippen molar-refractivity contribution in [2.24, 2.45) is 0 Å². The molecule has 0 heterocycles. The molecule has 0 saturated heterocycles. The number of hydrogen-bond donors (Lipinski definition) is 1. The standard InChI is InChI=1S/C14H25NO2/c1-12(2)15(11-9-14(16)17)10-8-13-6-4-3-5-7-13/h6,12H,3-5,7-11H2,1-2H3,(H,16,17). The van der Waals surface area contributed by atoms with E-state index in [9.17, 15) is 4.79 Å². The smallest absolute Gasteiger partial charge is 0.304 e. The molecule has 0 aliphatic heterocycles. The first-order valence-corrected chi connectivity index (χ1v) is 6.73. The van der Waals surface area contributed by atoms with Gasteiger partial charge in [0.25, 0.3) is 0 Å². The maximum absolute atomic E-state index is 10.6. The zero-order valence-corrected chi connectivity index (χ0v) is 11.1. The van der Waals surface area contributed by atoms with Crippen molar-refractivity contribution >= 4 is 5.97 Å². The molecule has 0 aromatic carbocycles. The number of hydrogen-bond acceptors (Lipinski definition) is 2. The Kier molecular flexibility index (Phi) is 6.27. The van der Waals surface area contributed by atoms with Crippen LogP contribution in [0.25, 0.3) is 0 Å². The highest BCUT2D eigenvalue weighted by molar-refractivity contribution is 5.66. The Bertz CT molecular complexity index is 271. The Morgan fingerprint density at radius 1 is 1.41 bits per heavy atom. The van der Waals surface area contributed by atoms with Crippen molar-refractivity contribution < 1.29 is 9.90 Å². The topological polar surface area (TPSA) is 40.5 Å². The van der Waals surface area contributed by atoms with Crippen LogP contribution < -0.4 is 0 Å². The Morgan fingerprint density at radius 3 is 2.71 bits per heavy atom. The molecule has 0 saturated carbocycles. The van der Waals surface area contributed by atoms with Gasteiger partial charge in [0.15, 0.2) is 0 Å². The van der Waals surface area contributed by atoms with Gasteiger partial charge in [-0.05, 0) is 46.0 Å². The maximum Gasteiger partial charge on any atom is 0.304 e. The van der Waals surface area contributed by atoms with Gasteiger partial charge < -0.3 is 10.0 Å². The predicted octanol–water partition coefficient (Wildman–Crippen LogP) is 3.06. The highest BCUT2D eigenvalue weighted by Gasteiger charge is 2.12. The van der Waals surface area contributed by atoms with Gasteiger partial charge >= 0.3 is 5.97 Å². The van der Waals surface area contributed by atoms with Gasteiger partial charge in [0.2, 0.25) is 0 Å². The van der Waals surface area contributed by atoms with E-state index in [1.807, 2.05) is 0 Å². The first-order valence-electron chi connectivity index (χ1n) is 6.73. The molecule has 1 N–H and O–H groups in total. The van der Waals surface area contributed by atoms with E-state index in [4.69, 9.17) is 5.11 Å². The van der Waals surface area contributed by atoms with Crippen LogP contribution in [0.3, 0.4) is 0 Å². The molecule has 0 aromatic rings. The van der Waals surface area contributed by atoms with Crippen LogP contribution >= 0.6 is 0 Å². The second kappa shape index (κ2) is 7.49. The second-order valence-corrected chi connectivity index (χ2v) is 5.13. The highest BCUT2D eigenvalue weighted by Crippen LogP contribution is 2.20. The predicted molar refractivity (Wildman–Crippen MR) is 70.1 cm³/mol. The van der Waals surface area contributed by atoms with Gasteiger partial charge in [-0.25, -0.2) is 0 Å². The van der Waals surface area contributed by atoms with Crippen molar-refractivity contribution in [1.82, 2.24) is 4.90 Å². The highest BCUT2D eigenvalue weighted by atomic mass is 16.4. The SMILES string of the molecule is CC(C)N(CCC(=O)O)CCC1=CCCCC1. The van der Waals surface area contributed by atoms with E-state index in [2.05, 4.69) is 24.8 Å². The third-order valence-electron chi connectivity index (χ3n) is 3.45. The van der Waals surface area contributed by atoms with Crippen molar-refractivity contribution in [3.8, 4) is 0 Å². The third kappa shape index (κ3) is 5.87. The second-order valence-electron chi connectivity index (χ2n) is 5.13. The molecule has 0 spiro atoms. The lowest BCUT2D eigenvalue weighted by Crippen LogP contribution is -2.34. The summed E-state index contributed by atoms with van der Waals surface area (Å²) >= 11 is 0. The number of rotatable bonds is 7. The summed E-state index contributed by atoms with van der Waals surface area (Å²) in [4.78, 5) is 12.9. The van der Waals surface area contributed by atoms with Crippen molar-refractivity contribution in [3.63, 3.8) is 0 Å². The van der Waals surface area contributed by atoms with Gasteiger partial charge in [0, 0.05) is 19.1 Å². The first kappa shape index (κ1) is 14.2. The van der Waals surface area contributed by atoms with Crippen LogP contribution in [0.15, 0.2) is 11.6 Å². The molecule has 3 heteroatoms. The monoisotopic (exact) mass is 239 g/mol. The Morgan fingerprint density at radius 2 is 2.18 bits per heavy atom. The fourth-order valence-corrected chi connectivity index (χ4v) is 2.29. The van der Waals surface area contributed by atoms with Crippen LogP contribution in [-0.4, -0.2) is 35.1 Å². The minimum atomic E-state index is -0.701. The molecule has 3 nitrogen and oxygen atoms in total. The molecular weight excluding hydrogens is 214 g/mol. The number of aliphatic carboxylic acids is 1. The zero-order valence-electron chi connectivity index (χ0n) is 11.1. The summed E-state index contributed by atoms with van der Waals surface area (Å²) < 4.78 is 0. The summed E-state index contributed by atoms with van der Waals surface area (Å²) in [5.74, 6) is -0.701. The molecule has 98 valence electrons. The number of allylic oxidation sites excluding steroid dienone is 1. The van der Waals surface area contributed by atoms with Crippen LogP contribution in [0.4, 0.5) is 0 Å². The number of carboxylic acids is 1. The quantitative estimate of drug-likeness (QED) is 0.694. The average molecular weight is 239 g/mol.